The molecule has 0 bridgehead atoms. The van der Waals surface area contributed by atoms with Crippen molar-refractivity contribution in [1.82, 2.24) is 0 Å². The van der Waals surface area contributed by atoms with E-state index in [9.17, 15) is 30.7 Å². The highest BCUT2D eigenvalue weighted by Crippen LogP contribution is 2.36. The summed E-state index contributed by atoms with van der Waals surface area (Å²) in [6, 6.07) is 9.84. The maximum atomic E-state index is 14.8. The SMILES string of the molecule is CCc1ccc2c(cc(F)c3cc(-c4cc(F)c(OC(F)(F)F)c(F)c4)ccc32)c1F. The monoisotopic (exact) mass is 438 g/mol. The number of halogens is 7. The topological polar surface area (TPSA) is 9.23 Å². The lowest BCUT2D eigenvalue weighted by atomic mass is 9.95. The summed E-state index contributed by atoms with van der Waals surface area (Å²) < 4.78 is 97.9. The molecular weight excluding hydrogens is 425 g/mol. The van der Waals surface area contributed by atoms with E-state index in [2.05, 4.69) is 4.74 Å². The summed E-state index contributed by atoms with van der Waals surface area (Å²) >= 11 is 0. The molecular formula is C23H13F7O. The van der Waals surface area contributed by atoms with Crippen LogP contribution in [0.3, 0.4) is 0 Å². The van der Waals surface area contributed by atoms with Gasteiger partial charge in [-0.05, 0) is 58.1 Å². The molecule has 1 nitrogen and oxygen atoms in total. The predicted octanol–water partition coefficient (Wildman–Crippen LogP) is 7.68. The molecule has 0 unspecified atom stereocenters. The molecule has 0 spiro atoms. The molecule has 0 amide bonds. The van der Waals surface area contributed by atoms with Gasteiger partial charge in [-0.3, -0.25) is 0 Å². The van der Waals surface area contributed by atoms with Gasteiger partial charge in [0.2, 0.25) is 5.75 Å². The smallest absolute Gasteiger partial charge is 0.399 e. The van der Waals surface area contributed by atoms with Crippen molar-refractivity contribution in [3.8, 4) is 16.9 Å². The Morgan fingerprint density at radius 1 is 0.677 bits per heavy atom. The van der Waals surface area contributed by atoms with Gasteiger partial charge in [-0.25, -0.2) is 17.6 Å². The van der Waals surface area contributed by atoms with Crippen molar-refractivity contribution in [3.63, 3.8) is 0 Å². The van der Waals surface area contributed by atoms with E-state index >= 15 is 0 Å². The maximum Gasteiger partial charge on any atom is 0.573 e. The lowest BCUT2D eigenvalue weighted by Crippen LogP contribution is -2.19. The van der Waals surface area contributed by atoms with E-state index in [1.807, 2.05) is 0 Å². The number of hydrogen-bond donors (Lipinski definition) is 0. The van der Waals surface area contributed by atoms with Crippen molar-refractivity contribution in [1.29, 1.82) is 0 Å². The number of alkyl halides is 3. The fraction of sp³-hybridized carbons (Fsp3) is 0.130. The van der Waals surface area contributed by atoms with Crippen LogP contribution in [0, 0.1) is 23.3 Å². The summed E-state index contributed by atoms with van der Waals surface area (Å²) in [4.78, 5) is 0. The number of aryl methyl sites for hydroxylation is 1. The third-order valence-corrected chi connectivity index (χ3v) is 5.03. The van der Waals surface area contributed by atoms with Gasteiger partial charge >= 0.3 is 6.36 Å². The Bertz CT molecular complexity index is 1300. The highest BCUT2D eigenvalue weighted by molar-refractivity contribution is 6.09. The van der Waals surface area contributed by atoms with Crippen LogP contribution < -0.4 is 4.74 Å². The zero-order valence-electron chi connectivity index (χ0n) is 15.9. The van der Waals surface area contributed by atoms with E-state index in [-0.39, 0.29) is 21.9 Å². The van der Waals surface area contributed by atoms with Crippen molar-refractivity contribution in [2.75, 3.05) is 0 Å². The Hall–Kier alpha value is -3.29. The standard InChI is InChI=1S/C23H13F7O/c1-2-11-3-5-15-14-6-4-12(7-16(14)18(24)10-17(15)21(11)27)13-8-19(25)22(20(26)9-13)31-23(28,29)30/h3-10H,2H2,1H3. The van der Waals surface area contributed by atoms with Gasteiger partial charge in [0.25, 0.3) is 0 Å². The van der Waals surface area contributed by atoms with Crippen LogP contribution in [-0.2, 0) is 6.42 Å². The number of fused-ring (bicyclic) bond motifs is 3. The summed E-state index contributed by atoms with van der Waals surface area (Å²) in [6.45, 7) is 1.78. The molecule has 8 heteroatoms. The molecule has 0 fully saturated rings. The van der Waals surface area contributed by atoms with Gasteiger partial charge < -0.3 is 4.74 Å². The van der Waals surface area contributed by atoms with Crippen LogP contribution in [-0.4, -0.2) is 6.36 Å². The Labute approximate surface area is 171 Å². The van der Waals surface area contributed by atoms with E-state index in [4.69, 9.17) is 0 Å². The van der Waals surface area contributed by atoms with E-state index in [0.717, 1.165) is 6.07 Å². The quantitative estimate of drug-likeness (QED) is 0.236. The van der Waals surface area contributed by atoms with Gasteiger partial charge in [0.05, 0.1) is 0 Å². The molecule has 0 saturated carbocycles. The molecule has 0 aliphatic rings. The molecule has 160 valence electrons. The third-order valence-electron chi connectivity index (χ3n) is 5.03. The first-order valence-corrected chi connectivity index (χ1v) is 9.17. The first-order valence-electron chi connectivity index (χ1n) is 9.17. The van der Waals surface area contributed by atoms with Gasteiger partial charge in [0, 0.05) is 10.8 Å². The largest absolute Gasteiger partial charge is 0.573 e. The van der Waals surface area contributed by atoms with E-state index in [1.165, 1.54) is 18.2 Å². The molecule has 0 aliphatic carbocycles. The average molecular weight is 438 g/mol. The molecule has 0 aliphatic heterocycles. The Morgan fingerprint density at radius 3 is 1.90 bits per heavy atom. The Balaban J connectivity index is 1.87. The fourth-order valence-corrected chi connectivity index (χ4v) is 3.59. The lowest BCUT2D eigenvalue weighted by Gasteiger charge is -2.13. The summed E-state index contributed by atoms with van der Waals surface area (Å²) in [5.41, 5.74) is 0.487. The zero-order chi connectivity index (χ0) is 22.5. The van der Waals surface area contributed by atoms with Crippen LogP contribution in [0.1, 0.15) is 12.5 Å². The molecule has 4 rings (SSSR count). The van der Waals surface area contributed by atoms with Crippen LogP contribution in [0.4, 0.5) is 30.7 Å². The summed E-state index contributed by atoms with van der Waals surface area (Å²) in [7, 11) is 0. The van der Waals surface area contributed by atoms with Gasteiger partial charge in [-0.15, -0.1) is 13.2 Å². The second-order valence-corrected chi connectivity index (χ2v) is 6.92. The van der Waals surface area contributed by atoms with E-state index in [1.54, 1.807) is 19.1 Å². The fourth-order valence-electron chi connectivity index (χ4n) is 3.59. The summed E-state index contributed by atoms with van der Waals surface area (Å²) in [6.07, 6.45) is -4.82. The normalized spacial score (nSPS) is 12.0. The van der Waals surface area contributed by atoms with Crippen LogP contribution in [0.25, 0.3) is 32.7 Å². The predicted molar refractivity (Wildman–Crippen MR) is 103 cm³/mol. The van der Waals surface area contributed by atoms with Gasteiger partial charge in [-0.2, -0.15) is 0 Å². The van der Waals surface area contributed by atoms with E-state index < -0.39 is 35.4 Å². The van der Waals surface area contributed by atoms with E-state index in [0.29, 0.717) is 34.9 Å². The van der Waals surface area contributed by atoms with Crippen LogP contribution in [0.2, 0.25) is 0 Å². The van der Waals surface area contributed by atoms with Gasteiger partial charge in [0.15, 0.2) is 11.6 Å². The van der Waals surface area contributed by atoms with Crippen molar-refractivity contribution < 1.29 is 35.5 Å². The van der Waals surface area contributed by atoms with Crippen molar-refractivity contribution >= 4 is 21.5 Å². The minimum atomic E-state index is -5.26. The molecule has 0 radical (unpaired) electrons. The number of hydrogen-bond acceptors (Lipinski definition) is 1. The van der Waals surface area contributed by atoms with Crippen LogP contribution >= 0.6 is 0 Å². The summed E-state index contributed by atoms with van der Waals surface area (Å²) in [5.74, 6) is -5.94. The van der Waals surface area contributed by atoms with Crippen LogP contribution in [0.15, 0.2) is 48.5 Å². The second kappa shape index (κ2) is 7.44. The zero-order valence-corrected chi connectivity index (χ0v) is 15.9. The lowest BCUT2D eigenvalue weighted by molar-refractivity contribution is -0.276. The van der Waals surface area contributed by atoms with Gasteiger partial charge in [0.1, 0.15) is 11.6 Å². The molecule has 0 saturated heterocycles. The number of rotatable bonds is 3. The molecule has 0 aromatic heterocycles. The maximum absolute atomic E-state index is 14.8. The molecule has 0 N–H and O–H groups in total. The molecule has 4 aromatic carbocycles. The molecule has 0 atom stereocenters. The molecule has 4 aromatic rings. The minimum Gasteiger partial charge on any atom is -0.399 e. The first-order chi connectivity index (χ1) is 14.6. The van der Waals surface area contributed by atoms with Crippen molar-refractivity contribution in [2.24, 2.45) is 0 Å². The van der Waals surface area contributed by atoms with Gasteiger partial charge in [-0.1, -0.05) is 31.2 Å². The average Bonchev–Trinajstić information content (AvgIpc) is 2.70. The van der Waals surface area contributed by atoms with Crippen LogP contribution in [0.5, 0.6) is 5.75 Å². The third kappa shape index (κ3) is 3.78. The highest BCUT2D eigenvalue weighted by Gasteiger charge is 2.34. The second-order valence-electron chi connectivity index (χ2n) is 6.92. The summed E-state index contributed by atoms with van der Waals surface area (Å²) in [5, 5.41) is 1.04. The first kappa shape index (κ1) is 21.0. The van der Waals surface area contributed by atoms with Crippen molar-refractivity contribution in [3.05, 3.63) is 77.4 Å². The molecule has 31 heavy (non-hydrogen) atoms. The number of ether oxygens (including phenoxy) is 1. The Kier molecular flexibility index (Phi) is 5.03. The Morgan fingerprint density at radius 2 is 1.29 bits per heavy atom. The van der Waals surface area contributed by atoms with Crippen molar-refractivity contribution in [2.45, 2.75) is 19.7 Å². The highest BCUT2D eigenvalue weighted by atomic mass is 19.4. The minimum absolute atomic E-state index is 0.0742. The molecule has 0 heterocycles. The number of benzene rings is 4.